The van der Waals surface area contributed by atoms with Crippen molar-refractivity contribution in [2.24, 2.45) is 0 Å². The maximum absolute atomic E-state index is 4.28. The van der Waals surface area contributed by atoms with Gasteiger partial charge in [-0.25, -0.2) is 4.98 Å². The molecule has 0 bridgehead atoms. The van der Waals surface area contributed by atoms with Crippen LogP contribution in [0, 0.1) is 0 Å². The Labute approximate surface area is 94.2 Å². The van der Waals surface area contributed by atoms with Crippen molar-refractivity contribution in [3.63, 3.8) is 0 Å². The summed E-state index contributed by atoms with van der Waals surface area (Å²) in [4.78, 5) is 4.28. The fraction of sp³-hybridized carbons (Fsp3) is 0.0714. The van der Waals surface area contributed by atoms with Crippen LogP contribution in [0.4, 0.5) is 0 Å². The Morgan fingerprint density at radius 3 is 2.69 bits per heavy atom. The first-order valence-corrected chi connectivity index (χ1v) is 5.37. The Morgan fingerprint density at radius 1 is 0.938 bits per heavy atom. The Hall–Kier alpha value is -2.09. The first-order valence-electron chi connectivity index (χ1n) is 5.37. The number of benzene rings is 1. The number of pyridine rings is 1. The average Bonchev–Trinajstić information content (AvgIpc) is 2.77. The molecule has 0 amide bonds. The maximum atomic E-state index is 4.28. The van der Waals surface area contributed by atoms with Crippen LogP contribution in [-0.4, -0.2) is 9.38 Å². The Morgan fingerprint density at radius 2 is 1.81 bits per heavy atom. The highest BCUT2D eigenvalue weighted by Crippen LogP contribution is 2.11. The van der Waals surface area contributed by atoms with Crippen molar-refractivity contribution >= 4 is 5.65 Å². The third-order valence-corrected chi connectivity index (χ3v) is 2.71. The molecular weight excluding hydrogens is 196 g/mol. The molecule has 0 atom stereocenters. The molecule has 78 valence electrons. The van der Waals surface area contributed by atoms with E-state index in [0.717, 1.165) is 12.1 Å². The van der Waals surface area contributed by atoms with Crippen molar-refractivity contribution in [2.75, 3.05) is 0 Å². The third kappa shape index (κ3) is 1.70. The minimum absolute atomic E-state index is 0.962. The van der Waals surface area contributed by atoms with Gasteiger partial charge in [-0.1, -0.05) is 30.3 Å². The van der Waals surface area contributed by atoms with E-state index in [-0.39, 0.29) is 0 Å². The molecule has 0 aliphatic carbocycles. The molecule has 0 saturated carbocycles. The van der Waals surface area contributed by atoms with E-state index >= 15 is 0 Å². The van der Waals surface area contributed by atoms with Gasteiger partial charge in [0, 0.05) is 18.6 Å². The van der Waals surface area contributed by atoms with Crippen molar-refractivity contribution in [3.05, 3.63) is 72.2 Å². The van der Waals surface area contributed by atoms with Gasteiger partial charge in [0.25, 0.3) is 0 Å². The molecule has 1 aromatic carbocycles. The van der Waals surface area contributed by atoms with E-state index in [9.17, 15) is 0 Å². The number of hydrogen-bond donors (Lipinski definition) is 0. The van der Waals surface area contributed by atoms with Crippen molar-refractivity contribution in [1.82, 2.24) is 9.38 Å². The Kier molecular flexibility index (Phi) is 2.18. The van der Waals surface area contributed by atoms with Gasteiger partial charge in [-0.3, -0.25) is 0 Å². The zero-order chi connectivity index (χ0) is 10.8. The first kappa shape index (κ1) is 9.16. The summed E-state index contributed by atoms with van der Waals surface area (Å²) in [7, 11) is 0. The van der Waals surface area contributed by atoms with Gasteiger partial charge in [0.1, 0.15) is 5.65 Å². The molecule has 0 radical (unpaired) electrons. The van der Waals surface area contributed by atoms with Crippen LogP contribution in [0.25, 0.3) is 5.65 Å². The predicted molar refractivity (Wildman–Crippen MR) is 64.4 cm³/mol. The number of rotatable bonds is 2. The van der Waals surface area contributed by atoms with Gasteiger partial charge >= 0.3 is 0 Å². The van der Waals surface area contributed by atoms with Gasteiger partial charge < -0.3 is 4.40 Å². The number of nitrogens with zero attached hydrogens (tertiary/aromatic N) is 2. The normalized spacial score (nSPS) is 10.8. The summed E-state index contributed by atoms with van der Waals surface area (Å²) in [6, 6.07) is 14.8. The van der Waals surface area contributed by atoms with E-state index in [0.29, 0.717) is 0 Å². The average molecular weight is 208 g/mol. The van der Waals surface area contributed by atoms with E-state index in [1.807, 2.05) is 22.9 Å². The van der Waals surface area contributed by atoms with Gasteiger partial charge in [-0.05, 0) is 29.7 Å². The van der Waals surface area contributed by atoms with Gasteiger partial charge in [0.2, 0.25) is 0 Å². The monoisotopic (exact) mass is 208 g/mol. The van der Waals surface area contributed by atoms with Crippen LogP contribution in [0.15, 0.2) is 61.1 Å². The maximum Gasteiger partial charge on any atom is 0.136 e. The lowest BCUT2D eigenvalue weighted by atomic mass is 10.1. The molecule has 0 N–H and O–H groups in total. The Balaban J connectivity index is 1.94. The summed E-state index contributed by atoms with van der Waals surface area (Å²) in [5.41, 5.74) is 3.64. The Bertz CT molecular complexity index is 596. The molecule has 0 spiro atoms. The molecule has 2 heterocycles. The summed E-state index contributed by atoms with van der Waals surface area (Å²) >= 11 is 0. The highest BCUT2D eigenvalue weighted by Gasteiger charge is 1.98. The van der Waals surface area contributed by atoms with Crippen molar-refractivity contribution in [1.29, 1.82) is 0 Å². The van der Waals surface area contributed by atoms with Crippen LogP contribution in [0.3, 0.4) is 0 Å². The molecule has 2 aromatic heterocycles. The molecule has 16 heavy (non-hydrogen) atoms. The summed E-state index contributed by atoms with van der Waals surface area (Å²) in [6.45, 7) is 0. The number of imidazole rings is 1. The summed E-state index contributed by atoms with van der Waals surface area (Å²) < 4.78 is 2.02. The molecule has 2 nitrogen and oxygen atoms in total. The second-order valence-corrected chi connectivity index (χ2v) is 3.89. The minimum Gasteiger partial charge on any atom is -0.307 e. The van der Waals surface area contributed by atoms with Crippen LogP contribution in [-0.2, 0) is 6.42 Å². The molecule has 0 unspecified atom stereocenters. The fourth-order valence-electron chi connectivity index (χ4n) is 1.89. The zero-order valence-electron chi connectivity index (χ0n) is 8.88. The lowest BCUT2D eigenvalue weighted by Gasteiger charge is -2.02. The lowest BCUT2D eigenvalue weighted by molar-refractivity contribution is 1.13. The van der Waals surface area contributed by atoms with E-state index in [1.54, 1.807) is 0 Å². The van der Waals surface area contributed by atoms with E-state index < -0.39 is 0 Å². The van der Waals surface area contributed by atoms with Crippen LogP contribution in [0.1, 0.15) is 11.1 Å². The zero-order valence-corrected chi connectivity index (χ0v) is 8.88. The quantitative estimate of drug-likeness (QED) is 0.633. The highest BCUT2D eigenvalue weighted by molar-refractivity contribution is 5.42. The number of fused-ring (bicyclic) bond motifs is 1. The minimum atomic E-state index is 0.962. The van der Waals surface area contributed by atoms with Crippen LogP contribution >= 0.6 is 0 Å². The van der Waals surface area contributed by atoms with Crippen LogP contribution in [0.5, 0.6) is 0 Å². The summed E-state index contributed by atoms with van der Waals surface area (Å²) in [6.07, 6.45) is 6.80. The molecular formula is C14H12N2. The van der Waals surface area contributed by atoms with Crippen LogP contribution in [0.2, 0.25) is 0 Å². The van der Waals surface area contributed by atoms with Crippen molar-refractivity contribution < 1.29 is 0 Å². The number of aromatic nitrogens is 2. The molecule has 0 aliphatic rings. The van der Waals surface area contributed by atoms with Crippen molar-refractivity contribution in [2.45, 2.75) is 6.42 Å². The highest BCUT2D eigenvalue weighted by atomic mass is 15.0. The summed E-state index contributed by atoms with van der Waals surface area (Å²) in [5.74, 6) is 0. The second kappa shape index (κ2) is 3.81. The summed E-state index contributed by atoms with van der Waals surface area (Å²) in [5, 5.41) is 0. The SMILES string of the molecule is c1ccc(Cc2ccn3ccnc3c2)cc1. The van der Waals surface area contributed by atoms with Gasteiger partial charge in [-0.2, -0.15) is 0 Å². The predicted octanol–water partition coefficient (Wildman–Crippen LogP) is 2.93. The largest absolute Gasteiger partial charge is 0.307 e. The molecule has 0 aliphatic heterocycles. The van der Waals surface area contributed by atoms with Crippen LogP contribution < -0.4 is 0 Å². The number of hydrogen-bond acceptors (Lipinski definition) is 1. The van der Waals surface area contributed by atoms with Crippen molar-refractivity contribution in [3.8, 4) is 0 Å². The van der Waals surface area contributed by atoms with Gasteiger partial charge in [0.15, 0.2) is 0 Å². The van der Waals surface area contributed by atoms with Gasteiger partial charge in [-0.15, -0.1) is 0 Å². The topological polar surface area (TPSA) is 17.3 Å². The van der Waals surface area contributed by atoms with E-state index in [2.05, 4.69) is 47.6 Å². The molecule has 2 heteroatoms. The molecule has 0 saturated heterocycles. The van der Waals surface area contributed by atoms with E-state index in [1.165, 1.54) is 11.1 Å². The fourth-order valence-corrected chi connectivity index (χ4v) is 1.89. The van der Waals surface area contributed by atoms with E-state index in [4.69, 9.17) is 0 Å². The lowest BCUT2D eigenvalue weighted by Crippen LogP contribution is -1.90. The van der Waals surface area contributed by atoms with Gasteiger partial charge in [0.05, 0.1) is 0 Å². The third-order valence-electron chi connectivity index (χ3n) is 2.71. The molecule has 3 aromatic rings. The molecule has 0 fully saturated rings. The standard InChI is InChI=1S/C14H12N2/c1-2-4-12(5-3-1)10-13-6-8-16-9-7-15-14(16)11-13/h1-9,11H,10H2. The second-order valence-electron chi connectivity index (χ2n) is 3.89. The smallest absolute Gasteiger partial charge is 0.136 e. The first-order chi connectivity index (χ1) is 7.92. The molecule has 3 rings (SSSR count).